The summed E-state index contributed by atoms with van der Waals surface area (Å²) < 4.78 is 1.75. The highest BCUT2D eigenvalue weighted by Gasteiger charge is 2.23. The van der Waals surface area contributed by atoms with Crippen LogP contribution in [-0.2, 0) is 17.3 Å². The Kier molecular flexibility index (Phi) is 2.04. The van der Waals surface area contributed by atoms with Crippen molar-refractivity contribution in [2.45, 2.75) is 26.2 Å². The van der Waals surface area contributed by atoms with Gasteiger partial charge >= 0.3 is 0 Å². The van der Waals surface area contributed by atoms with E-state index >= 15 is 0 Å². The Bertz CT molecular complexity index is 299. The third-order valence-electron chi connectivity index (χ3n) is 1.96. The van der Waals surface area contributed by atoms with E-state index in [1.165, 1.54) is 0 Å². The van der Waals surface area contributed by atoms with Gasteiger partial charge in [-0.2, -0.15) is 5.10 Å². The van der Waals surface area contributed by atoms with Gasteiger partial charge in [-0.1, -0.05) is 0 Å². The third kappa shape index (κ3) is 1.40. The smallest absolute Gasteiger partial charge is 0.131 e. The van der Waals surface area contributed by atoms with Gasteiger partial charge in [-0.25, -0.2) is 0 Å². The van der Waals surface area contributed by atoms with E-state index in [9.17, 15) is 4.79 Å². The average Bonchev–Trinajstić information content (AvgIpc) is 2.31. The second kappa shape index (κ2) is 2.73. The molecule has 1 rings (SSSR count). The molecule has 0 aliphatic carbocycles. The molecule has 0 saturated heterocycles. The monoisotopic (exact) mass is 166 g/mol. The molecule has 1 aromatic rings. The summed E-state index contributed by atoms with van der Waals surface area (Å²) >= 11 is 0. The van der Waals surface area contributed by atoms with Crippen molar-refractivity contribution in [3.8, 4) is 0 Å². The summed E-state index contributed by atoms with van der Waals surface area (Å²) in [7, 11) is 1.85. The molecule has 3 nitrogen and oxygen atoms in total. The lowest BCUT2D eigenvalue weighted by atomic mass is 9.91. The normalized spacial score (nSPS) is 11.7. The molecule has 0 saturated carbocycles. The van der Waals surface area contributed by atoms with Crippen molar-refractivity contribution in [1.82, 2.24) is 9.78 Å². The highest BCUT2D eigenvalue weighted by molar-refractivity contribution is 5.66. The highest BCUT2D eigenvalue weighted by atomic mass is 16.1. The molecule has 0 fully saturated rings. The minimum atomic E-state index is -0.435. The minimum Gasteiger partial charge on any atom is -0.302 e. The van der Waals surface area contributed by atoms with E-state index in [1.807, 2.05) is 33.9 Å². The molecule has 0 amide bonds. The van der Waals surface area contributed by atoms with E-state index in [4.69, 9.17) is 0 Å². The second-order valence-electron chi connectivity index (χ2n) is 3.63. The number of nitrogens with zero attached hydrogens (tertiary/aromatic N) is 2. The van der Waals surface area contributed by atoms with E-state index in [0.717, 1.165) is 17.7 Å². The van der Waals surface area contributed by atoms with Gasteiger partial charge in [0.25, 0.3) is 0 Å². The maximum absolute atomic E-state index is 10.7. The van der Waals surface area contributed by atoms with Crippen LogP contribution < -0.4 is 0 Å². The predicted octanol–water partition coefficient (Wildman–Crippen LogP) is 1.21. The molecule has 0 N–H and O–H groups in total. The Morgan fingerprint density at radius 2 is 2.17 bits per heavy atom. The zero-order chi connectivity index (χ0) is 9.35. The topological polar surface area (TPSA) is 34.9 Å². The summed E-state index contributed by atoms with van der Waals surface area (Å²) in [6.07, 6.45) is 0.948. The van der Waals surface area contributed by atoms with Crippen molar-refractivity contribution in [3.05, 3.63) is 17.5 Å². The van der Waals surface area contributed by atoms with Crippen molar-refractivity contribution in [3.63, 3.8) is 0 Å². The Morgan fingerprint density at radius 1 is 1.58 bits per heavy atom. The van der Waals surface area contributed by atoms with E-state index in [-0.39, 0.29) is 0 Å². The van der Waals surface area contributed by atoms with Crippen LogP contribution in [0.15, 0.2) is 6.07 Å². The maximum atomic E-state index is 10.7. The standard InChI is InChI=1S/C9H14N2O/c1-7-5-8(11(4)10-7)9(2,3)6-12/h5-6H,1-4H3. The van der Waals surface area contributed by atoms with Crippen molar-refractivity contribution in [1.29, 1.82) is 0 Å². The molecule has 1 heterocycles. The maximum Gasteiger partial charge on any atom is 0.131 e. The van der Waals surface area contributed by atoms with Gasteiger partial charge in [-0.05, 0) is 26.8 Å². The summed E-state index contributed by atoms with van der Waals surface area (Å²) in [6, 6.07) is 1.94. The van der Waals surface area contributed by atoms with E-state index in [2.05, 4.69) is 5.10 Å². The van der Waals surface area contributed by atoms with Crippen LogP contribution in [0.25, 0.3) is 0 Å². The second-order valence-corrected chi connectivity index (χ2v) is 3.63. The van der Waals surface area contributed by atoms with Crippen molar-refractivity contribution >= 4 is 6.29 Å². The lowest BCUT2D eigenvalue weighted by molar-refractivity contribution is -0.111. The number of hydrogen-bond donors (Lipinski definition) is 0. The summed E-state index contributed by atoms with van der Waals surface area (Å²) in [4.78, 5) is 10.7. The molecule has 0 radical (unpaired) electrons. The van der Waals surface area contributed by atoms with Crippen LogP contribution in [0.3, 0.4) is 0 Å². The van der Waals surface area contributed by atoms with E-state index in [1.54, 1.807) is 4.68 Å². The van der Waals surface area contributed by atoms with Gasteiger partial charge in [0.05, 0.1) is 16.8 Å². The van der Waals surface area contributed by atoms with Gasteiger partial charge in [0.1, 0.15) is 6.29 Å². The van der Waals surface area contributed by atoms with Crippen LogP contribution in [0, 0.1) is 6.92 Å². The van der Waals surface area contributed by atoms with Crippen LogP contribution in [-0.4, -0.2) is 16.1 Å². The van der Waals surface area contributed by atoms with Crippen LogP contribution in [0.5, 0.6) is 0 Å². The number of aldehydes is 1. The fourth-order valence-corrected chi connectivity index (χ4v) is 1.27. The van der Waals surface area contributed by atoms with Crippen LogP contribution in [0.4, 0.5) is 0 Å². The van der Waals surface area contributed by atoms with E-state index < -0.39 is 5.41 Å². The average molecular weight is 166 g/mol. The first-order chi connectivity index (χ1) is 5.47. The lowest BCUT2D eigenvalue weighted by Gasteiger charge is -2.16. The summed E-state index contributed by atoms with van der Waals surface area (Å²) in [5, 5.41) is 4.18. The molecule has 1 aromatic heterocycles. The van der Waals surface area contributed by atoms with Crippen molar-refractivity contribution in [2.75, 3.05) is 0 Å². The molecule has 0 atom stereocenters. The molecule has 3 heteroatoms. The molecule has 0 aromatic carbocycles. The minimum absolute atomic E-state index is 0.435. The van der Waals surface area contributed by atoms with Crippen LogP contribution in [0.2, 0.25) is 0 Å². The van der Waals surface area contributed by atoms with Gasteiger partial charge in [0, 0.05) is 7.05 Å². The molecule has 66 valence electrons. The molecule has 0 aliphatic heterocycles. The largest absolute Gasteiger partial charge is 0.302 e. The Hall–Kier alpha value is -1.12. The van der Waals surface area contributed by atoms with Crippen LogP contribution in [0.1, 0.15) is 25.2 Å². The number of carbonyl (C=O) groups is 1. The molecule has 0 spiro atoms. The summed E-state index contributed by atoms with van der Waals surface area (Å²) in [5.74, 6) is 0. The SMILES string of the molecule is Cc1cc(C(C)(C)C=O)n(C)n1. The predicted molar refractivity (Wildman–Crippen MR) is 47.0 cm³/mol. The van der Waals surface area contributed by atoms with Gasteiger partial charge in [0.15, 0.2) is 0 Å². The van der Waals surface area contributed by atoms with Crippen molar-refractivity contribution < 1.29 is 4.79 Å². The molecular formula is C9H14N2O. The van der Waals surface area contributed by atoms with Gasteiger partial charge in [-0.15, -0.1) is 0 Å². The van der Waals surface area contributed by atoms with Gasteiger partial charge in [0.2, 0.25) is 0 Å². The molecule has 0 aliphatic rings. The number of aromatic nitrogens is 2. The number of hydrogen-bond acceptors (Lipinski definition) is 2. The quantitative estimate of drug-likeness (QED) is 0.619. The number of carbonyl (C=O) groups excluding carboxylic acids is 1. The zero-order valence-electron chi connectivity index (χ0n) is 7.96. The molecule has 0 bridgehead atoms. The van der Waals surface area contributed by atoms with Crippen LogP contribution >= 0.6 is 0 Å². The first-order valence-corrected chi connectivity index (χ1v) is 3.95. The highest BCUT2D eigenvalue weighted by Crippen LogP contribution is 2.20. The molecular weight excluding hydrogens is 152 g/mol. The number of aryl methyl sites for hydroxylation is 2. The van der Waals surface area contributed by atoms with E-state index in [0.29, 0.717) is 0 Å². The zero-order valence-corrected chi connectivity index (χ0v) is 7.96. The fourth-order valence-electron chi connectivity index (χ4n) is 1.27. The molecule has 12 heavy (non-hydrogen) atoms. The Morgan fingerprint density at radius 3 is 2.50 bits per heavy atom. The Balaban J connectivity index is 3.18. The molecule has 0 unspecified atom stereocenters. The lowest BCUT2D eigenvalue weighted by Crippen LogP contribution is -2.22. The first-order valence-electron chi connectivity index (χ1n) is 3.95. The van der Waals surface area contributed by atoms with Crippen molar-refractivity contribution in [2.24, 2.45) is 7.05 Å². The van der Waals surface area contributed by atoms with Gasteiger partial charge in [-0.3, -0.25) is 4.68 Å². The third-order valence-corrected chi connectivity index (χ3v) is 1.96. The van der Waals surface area contributed by atoms with Gasteiger partial charge < -0.3 is 4.79 Å². The number of rotatable bonds is 2. The summed E-state index contributed by atoms with van der Waals surface area (Å²) in [6.45, 7) is 5.69. The summed E-state index contributed by atoms with van der Waals surface area (Å²) in [5.41, 5.74) is 1.47. The fraction of sp³-hybridized carbons (Fsp3) is 0.556. The Labute approximate surface area is 72.4 Å². The first kappa shape index (κ1) is 8.97.